The highest BCUT2D eigenvalue weighted by Crippen LogP contribution is 2.55. The van der Waals surface area contributed by atoms with Gasteiger partial charge in [0.15, 0.2) is 0 Å². The molecule has 0 atom stereocenters. The van der Waals surface area contributed by atoms with Crippen molar-refractivity contribution < 1.29 is 0 Å². The van der Waals surface area contributed by atoms with Gasteiger partial charge in [-0.1, -0.05) is 178 Å². The SMILES string of the molecule is CC1(C)c2ccccc2-c2c1ccc1sc3c4ccccc4c(-c4cccc(-c5c6ccccc6c(-c6cccc7ccccc67)c6ccccc56)c4)cc3c21. The van der Waals surface area contributed by atoms with Crippen LogP contribution >= 0.6 is 11.3 Å². The normalized spacial score (nSPS) is 13.3. The molecule has 0 fully saturated rings. The Morgan fingerprint density at radius 3 is 1.70 bits per heavy atom. The Hall–Kier alpha value is -6.54. The maximum absolute atomic E-state index is 2.50. The Labute approximate surface area is 329 Å². The minimum Gasteiger partial charge on any atom is -0.135 e. The van der Waals surface area contributed by atoms with E-state index in [4.69, 9.17) is 0 Å². The van der Waals surface area contributed by atoms with Crippen LogP contribution in [-0.2, 0) is 5.41 Å². The second-order valence-corrected chi connectivity index (χ2v) is 17.0. The van der Waals surface area contributed by atoms with Gasteiger partial charge in [0.25, 0.3) is 0 Å². The van der Waals surface area contributed by atoms with Gasteiger partial charge in [-0.3, -0.25) is 0 Å². The number of hydrogen-bond acceptors (Lipinski definition) is 1. The van der Waals surface area contributed by atoms with Gasteiger partial charge in [0.1, 0.15) is 0 Å². The third-order valence-corrected chi connectivity index (χ3v) is 13.8. The minimum atomic E-state index is -0.0446. The highest BCUT2D eigenvalue weighted by Gasteiger charge is 2.37. The summed E-state index contributed by atoms with van der Waals surface area (Å²) in [5, 5.41) is 13.0. The number of thiophene rings is 1. The monoisotopic (exact) mass is 728 g/mol. The Morgan fingerprint density at radius 1 is 0.357 bits per heavy atom. The maximum atomic E-state index is 2.50. The quantitative estimate of drug-likeness (QED) is 0.159. The molecule has 1 heterocycles. The lowest BCUT2D eigenvalue weighted by molar-refractivity contribution is 0.661. The molecule has 262 valence electrons. The molecule has 0 nitrogen and oxygen atoms in total. The van der Waals surface area contributed by atoms with Crippen LogP contribution in [0, 0.1) is 0 Å². The van der Waals surface area contributed by atoms with E-state index < -0.39 is 0 Å². The first-order valence-corrected chi connectivity index (χ1v) is 20.4. The molecule has 0 unspecified atom stereocenters. The van der Waals surface area contributed by atoms with Gasteiger partial charge in [0, 0.05) is 31.0 Å². The molecule has 1 aliphatic carbocycles. The molecule has 12 rings (SSSR count). The van der Waals surface area contributed by atoms with Crippen molar-refractivity contribution in [2.75, 3.05) is 0 Å². The van der Waals surface area contributed by atoms with Gasteiger partial charge in [-0.05, 0) is 112 Å². The molecule has 1 heteroatoms. The van der Waals surface area contributed by atoms with Crippen molar-refractivity contribution in [3.05, 3.63) is 193 Å². The standard InChI is InChI=1S/C55H36S/c1-55(2)47-28-12-11-26-44(47)52-48(55)29-30-49-53(52)46-32-45(37-20-5-10-25-43(37)54(46)56-49)34-17-13-18-35(31-34)50-39-21-6-8-23-41(39)51(42-24-9-7-22-40(42)50)38-27-14-16-33-15-3-4-19-36(33)38/h3-32H,1-2H3. The third-order valence-electron chi connectivity index (χ3n) is 12.6. The summed E-state index contributed by atoms with van der Waals surface area (Å²) in [4.78, 5) is 0. The summed E-state index contributed by atoms with van der Waals surface area (Å²) in [7, 11) is 0. The van der Waals surface area contributed by atoms with Crippen LogP contribution in [0.2, 0.25) is 0 Å². The van der Waals surface area contributed by atoms with Gasteiger partial charge in [-0.2, -0.15) is 0 Å². The number of benzene rings is 10. The zero-order valence-corrected chi connectivity index (χ0v) is 32.0. The lowest BCUT2D eigenvalue weighted by Crippen LogP contribution is -2.14. The van der Waals surface area contributed by atoms with Gasteiger partial charge in [-0.25, -0.2) is 0 Å². The fraction of sp³-hybridized carbons (Fsp3) is 0.0545. The molecule has 0 radical (unpaired) electrons. The predicted octanol–water partition coefficient (Wildman–Crippen LogP) is 16.0. The smallest absolute Gasteiger partial charge is 0.0434 e. The van der Waals surface area contributed by atoms with Crippen LogP contribution in [0.15, 0.2) is 182 Å². The molecule has 0 amide bonds. The average Bonchev–Trinajstić information content (AvgIpc) is 3.74. The minimum absolute atomic E-state index is 0.0446. The highest BCUT2D eigenvalue weighted by molar-refractivity contribution is 7.26. The molecule has 0 bridgehead atoms. The van der Waals surface area contributed by atoms with Crippen molar-refractivity contribution in [2.24, 2.45) is 0 Å². The van der Waals surface area contributed by atoms with Crippen molar-refractivity contribution in [3.63, 3.8) is 0 Å². The molecule has 0 saturated heterocycles. The van der Waals surface area contributed by atoms with Crippen molar-refractivity contribution in [3.8, 4) is 44.5 Å². The van der Waals surface area contributed by atoms with Crippen LogP contribution in [0.1, 0.15) is 25.0 Å². The zero-order valence-electron chi connectivity index (χ0n) is 31.2. The molecule has 1 aliphatic rings. The van der Waals surface area contributed by atoms with E-state index in [1.165, 1.54) is 119 Å². The Bertz CT molecular complexity index is 3390. The molecule has 11 aromatic rings. The third kappa shape index (κ3) is 4.35. The van der Waals surface area contributed by atoms with Crippen LogP contribution in [0.5, 0.6) is 0 Å². The molecule has 0 saturated carbocycles. The Balaban J connectivity index is 1.13. The van der Waals surface area contributed by atoms with Crippen molar-refractivity contribution in [2.45, 2.75) is 19.3 Å². The topological polar surface area (TPSA) is 0 Å². The second kappa shape index (κ2) is 11.7. The molecular formula is C55H36S. The molecule has 0 spiro atoms. The summed E-state index contributed by atoms with van der Waals surface area (Å²) in [6.45, 7) is 4.76. The van der Waals surface area contributed by atoms with Crippen LogP contribution in [-0.4, -0.2) is 0 Å². The molecular weight excluding hydrogens is 693 g/mol. The molecule has 10 aromatic carbocycles. The summed E-state index contributed by atoms with van der Waals surface area (Å²) >= 11 is 1.94. The highest BCUT2D eigenvalue weighted by atomic mass is 32.1. The van der Waals surface area contributed by atoms with E-state index in [1.54, 1.807) is 0 Å². The average molecular weight is 729 g/mol. The second-order valence-electron chi connectivity index (χ2n) is 15.9. The van der Waals surface area contributed by atoms with Crippen LogP contribution in [0.4, 0.5) is 0 Å². The fourth-order valence-electron chi connectivity index (χ4n) is 10.1. The summed E-state index contributed by atoms with van der Waals surface area (Å²) in [6, 6.07) is 68.2. The van der Waals surface area contributed by atoms with Gasteiger partial charge >= 0.3 is 0 Å². The van der Waals surface area contributed by atoms with Gasteiger partial charge < -0.3 is 0 Å². The van der Waals surface area contributed by atoms with Crippen LogP contribution < -0.4 is 0 Å². The van der Waals surface area contributed by atoms with E-state index in [-0.39, 0.29) is 5.41 Å². The van der Waals surface area contributed by atoms with Crippen molar-refractivity contribution in [1.29, 1.82) is 0 Å². The lowest BCUT2D eigenvalue weighted by atomic mass is 9.82. The number of fused-ring (bicyclic) bond motifs is 12. The summed E-state index contributed by atoms with van der Waals surface area (Å²) in [6.07, 6.45) is 0. The van der Waals surface area contributed by atoms with Gasteiger partial charge in [0.2, 0.25) is 0 Å². The van der Waals surface area contributed by atoms with E-state index in [9.17, 15) is 0 Å². The van der Waals surface area contributed by atoms with Crippen LogP contribution in [0.25, 0.3) is 108 Å². The molecule has 56 heavy (non-hydrogen) atoms. The lowest BCUT2D eigenvalue weighted by Gasteiger charge is -2.21. The first-order valence-electron chi connectivity index (χ1n) is 19.6. The van der Waals surface area contributed by atoms with Gasteiger partial charge in [-0.15, -0.1) is 11.3 Å². The largest absolute Gasteiger partial charge is 0.135 e. The predicted molar refractivity (Wildman–Crippen MR) is 243 cm³/mol. The first-order chi connectivity index (χ1) is 27.6. The number of rotatable bonds is 3. The summed E-state index contributed by atoms with van der Waals surface area (Å²) < 4.78 is 2.72. The Kier molecular flexibility index (Phi) is 6.66. The summed E-state index contributed by atoms with van der Waals surface area (Å²) in [5.74, 6) is 0. The van der Waals surface area contributed by atoms with Crippen molar-refractivity contribution in [1.82, 2.24) is 0 Å². The summed E-state index contributed by atoms with van der Waals surface area (Å²) in [5.41, 5.74) is 13.2. The Morgan fingerprint density at radius 2 is 0.929 bits per heavy atom. The number of hydrogen-bond donors (Lipinski definition) is 0. The van der Waals surface area contributed by atoms with E-state index in [2.05, 4.69) is 196 Å². The van der Waals surface area contributed by atoms with Gasteiger partial charge in [0.05, 0.1) is 0 Å². The van der Waals surface area contributed by atoms with E-state index in [1.807, 2.05) is 11.3 Å². The molecule has 1 aromatic heterocycles. The van der Waals surface area contributed by atoms with E-state index in [0.717, 1.165) is 0 Å². The maximum Gasteiger partial charge on any atom is 0.0434 e. The van der Waals surface area contributed by atoms with E-state index in [0.29, 0.717) is 0 Å². The zero-order chi connectivity index (χ0) is 37.1. The van der Waals surface area contributed by atoms with Crippen molar-refractivity contribution >= 4 is 74.6 Å². The van der Waals surface area contributed by atoms with E-state index >= 15 is 0 Å². The first kappa shape index (κ1) is 31.8. The van der Waals surface area contributed by atoms with Crippen LogP contribution in [0.3, 0.4) is 0 Å². The molecule has 0 aliphatic heterocycles. The fourth-order valence-corrected chi connectivity index (χ4v) is 11.4. The molecule has 0 N–H and O–H groups in total.